The van der Waals surface area contributed by atoms with E-state index in [9.17, 15) is 9.59 Å². The quantitative estimate of drug-likeness (QED) is 0.357. The normalized spacial score (nSPS) is 13.0. The summed E-state index contributed by atoms with van der Waals surface area (Å²) in [6, 6.07) is 18.3. The third kappa shape index (κ3) is 6.77. The van der Waals surface area contributed by atoms with Gasteiger partial charge in [-0.3, -0.25) is 9.59 Å². The molecule has 0 aliphatic carbocycles. The van der Waals surface area contributed by atoms with Gasteiger partial charge in [0.2, 0.25) is 5.75 Å². The Hall–Kier alpha value is -4.40. The first kappa shape index (κ1) is 28.6. The van der Waals surface area contributed by atoms with Crippen LogP contribution in [0.2, 0.25) is 0 Å². The highest BCUT2D eigenvalue weighted by Gasteiger charge is 2.23. The van der Waals surface area contributed by atoms with E-state index in [4.69, 9.17) is 18.9 Å². The van der Waals surface area contributed by atoms with Gasteiger partial charge >= 0.3 is 0 Å². The van der Waals surface area contributed by atoms with Crippen LogP contribution in [0, 0.1) is 0 Å². The molecule has 0 bridgehead atoms. The van der Waals surface area contributed by atoms with Gasteiger partial charge in [-0.2, -0.15) is 0 Å². The number of rotatable bonds is 11. The Morgan fingerprint density at radius 1 is 0.750 bits per heavy atom. The molecule has 0 atom stereocenters. The molecule has 9 nitrogen and oxygen atoms in total. The fourth-order valence-electron chi connectivity index (χ4n) is 4.56. The number of carbonyl (C=O) groups excluding carboxylic acids is 2. The van der Waals surface area contributed by atoms with Gasteiger partial charge in [0.25, 0.3) is 11.8 Å². The second-order valence-corrected chi connectivity index (χ2v) is 9.11. The molecule has 0 radical (unpaired) electrons. The number of hydrogen-bond donors (Lipinski definition) is 1. The van der Waals surface area contributed by atoms with Crippen LogP contribution < -0.4 is 29.2 Å². The molecule has 212 valence electrons. The van der Waals surface area contributed by atoms with Gasteiger partial charge in [-0.05, 0) is 81.4 Å². The van der Waals surface area contributed by atoms with E-state index in [1.54, 1.807) is 43.5 Å². The molecule has 0 saturated carbocycles. The lowest BCUT2D eigenvalue weighted by molar-refractivity contribution is 0.0746. The van der Waals surface area contributed by atoms with Crippen LogP contribution in [0.5, 0.6) is 23.0 Å². The van der Waals surface area contributed by atoms with Gasteiger partial charge in [0.15, 0.2) is 11.5 Å². The van der Waals surface area contributed by atoms with E-state index in [1.807, 2.05) is 49.9 Å². The lowest BCUT2D eigenvalue weighted by atomic mass is 10.1. The van der Waals surface area contributed by atoms with Crippen molar-refractivity contribution < 1.29 is 28.5 Å². The minimum atomic E-state index is -0.275. The monoisotopic (exact) mass is 547 g/mol. The number of benzene rings is 3. The Labute approximate surface area is 235 Å². The summed E-state index contributed by atoms with van der Waals surface area (Å²) >= 11 is 0. The SMILES string of the molecule is CCOc1cc(C(=O)Nc2ccc(N3CCN(C(=O)c4ccc(OC)cc4)CC3)cc2)cc(OCC)c1OCC. The summed E-state index contributed by atoms with van der Waals surface area (Å²) in [5, 5.41) is 2.96. The maximum absolute atomic E-state index is 13.1. The highest BCUT2D eigenvalue weighted by atomic mass is 16.5. The Morgan fingerprint density at radius 3 is 1.85 bits per heavy atom. The van der Waals surface area contributed by atoms with Crippen molar-refractivity contribution in [1.82, 2.24) is 4.90 Å². The van der Waals surface area contributed by atoms with E-state index in [0.717, 1.165) is 24.5 Å². The van der Waals surface area contributed by atoms with Gasteiger partial charge in [-0.25, -0.2) is 0 Å². The van der Waals surface area contributed by atoms with E-state index in [2.05, 4.69) is 10.2 Å². The van der Waals surface area contributed by atoms with Gasteiger partial charge < -0.3 is 34.1 Å². The van der Waals surface area contributed by atoms with Gasteiger partial charge in [0.05, 0.1) is 26.9 Å². The number of nitrogens with one attached hydrogen (secondary N) is 1. The van der Waals surface area contributed by atoms with Crippen LogP contribution in [-0.2, 0) is 0 Å². The lowest BCUT2D eigenvalue weighted by Gasteiger charge is -2.36. The Morgan fingerprint density at radius 2 is 1.32 bits per heavy atom. The first-order valence-corrected chi connectivity index (χ1v) is 13.6. The Kier molecular flexibility index (Phi) is 9.72. The van der Waals surface area contributed by atoms with Crippen molar-refractivity contribution in [1.29, 1.82) is 0 Å². The molecule has 9 heteroatoms. The van der Waals surface area contributed by atoms with Crippen LogP contribution in [0.3, 0.4) is 0 Å². The predicted octanol–water partition coefficient (Wildman–Crippen LogP) is 5.11. The number of nitrogens with zero attached hydrogens (tertiary/aromatic N) is 2. The van der Waals surface area contributed by atoms with Crippen molar-refractivity contribution in [2.45, 2.75) is 20.8 Å². The summed E-state index contributed by atoms with van der Waals surface area (Å²) in [7, 11) is 1.61. The number of methoxy groups -OCH3 is 1. The molecule has 0 unspecified atom stereocenters. The highest BCUT2D eigenvalue weighted by Crippen LogP contribution is 2.39. The molecule has 0 aromatic heterocycles. The van der Waals surface area contributed by atoms with Crippen LogP contribution in [0.25, 0.3) is 0 Å². The van der Waals surface area contributed by atoms with Gasteiger partial charge in [-0.15, -0.1) is 0 Å². The van der Waals surface area contributed by atoms with Crippen LogP contribution in [0.1, 0.15) is 41.5 Å². The van der Waals surface area contributed by atoms with E-state index >= 15 is 0 Å². The first-order valence-electron chi connectivity index (χ1n) is 13.6. The first-order chi connectivity index (χ1) is 19.5. The average molecular weight is 548 g/mol. The maximum Gasteiger partial charge on any atom is 0.255 e. The number of amides is 2. The highest BCUT2D eigenvalue weighted by molar-refractivity contribution is 6.05. The molecule has 2 amide bonds. The molecule has 1 saturated heterocycles. The fourth-order valence-corrected chi connectivity index (χ4v) is 4.56. The van der Waals surface area contributed by atoms with Crippen LogP contribution in [0.4, 0.5) is 11.4 Å². The molecule has 3 aromatic rings. The number of anilines is 2. The second-order valence-electron chi connectivity index (χ2n) is 9.11. The summed E-state index contributed by atoms with van der Waals surface area (Å²) in [6.07, 6.45) is 0. The number of carbonyl (C=O) groups is 2. The molecular weight excluding hydrogens is 510 g/mol. The minimum Gasteiger partial charge on any atom is -0.497 e. The summed E-state index contributed by atoms with van der Waals surface area (Å²) < 4.78 is 22.4. The van der Waals surface area contributed by atoms with Gasteiger partial charge in [-0.1, -0.05) is 0 Å². The van der Waals surface area contributed by atoms with E-state index in [-0.39, 0.29) is 11.8 Å². The van der Waals surface area contributed by atoms with Crippen LogP contribution >= 0.6 is 0 Å². The Bertz CT molecular complexity index is 1260. The zero-order valence-electron chi connectivity index (χ0n) is 23.6. The molecule has 1 fully saturated rings. The summed E-state index contributed by atoms with van der Waals surface area (Å²) in [6.45, 7) is 9.66. The lowest BCUT2D eigenvalue weighted by Crippen LogP contribution is -2.48. The van der Waals surface area contributed by atoms with Crippen molar-refractivity contribution in [3.8, 4) is 23.0 Å². The van der Waals surface area contributed by atoms with Crippen molar-refractivity contribution in [3.05, 3.63) is 71.8 Å². The molecule has 1 N–H and O–H groups in total. The van der Waals surface area contributed by atoms with Crippen molar-refractivity contribution in [2.75, 3.05) is 63.3 Å². The molecule has 1 aliphatic rings. The third-order valence-electron chi connectivity index (χ3n) is 6.57. The van der Waals surface area contributed by atoms with Gasteiger partial charge in [0, 0.05) is 48.7 Å². The maximum atomic E-state index is 13.1. The second kappa shape index (κ2) is 13.6. The Balaban J connectivity index is 1.38. The van der Waals surface area contributed by atoms with E-state index in [1.165, 1.54) is 0 Å². The molecule has 0 spiro atoms. The molecule has 1 aliphatic heterocycles. The zero-order valence-corrected chi connectivity index (χ0v) is 23.6. The molecule has 4 rings (SSSR count). The van der Waals surface area contributed by atoms with E-state index < -0.39 is 0 Å². The largest absolute Gasteiger partial charge is 0.497 e. The third-order valence-corrected chi connectivity index (χ3v) is 6.57. The zero-order chi connectivity index (χ0) is 28.5. The van der Waals surface area contributed by atoms with E-state index in [0.29, 0.717) is 67.0 Å². The number of hydrogen-bond acceptors (Lipinski definition) is 7. The predicted molar refractivity (Wildman–Crippen MR) is 155 cm³/mol. The van der Waals surface area contributed by atoms with Crippen LogP contribution in [0.15, 0.2) is 60.7 Å². The fraction of sp³-hybridized carbons (Fsp3) is 0.355. The van der Waals surface area contributed by atoms with Crippen molar-refractivity contribution >= 4 is 23.2 Å². The summed E-state index contributed by atoms with van der Waals surface area (Å²) in [4.78, 5) is 30.1. The standard InChI is InChI=1S/C31H37N3O6/c1-5-38-27-20-23(21-28(39-6-2)29(27)40-7-3)30(35)32-24-10-12-25(13-11-24)33-16-18-34(19-17-33)31(36)22-8-14-26(37-4)15-9-22/h8-15,20-21H,5-7,16-19H2,1-4H3,(H,32,35). The molecule has 40 heavy (non-hydrogen) atoms. The average Bonchev–Trinajstić information content (AvgIpc) is 2.99. The van der Waals surface area contributed by atoms with Crippen molar-refractivity contribution in [3.63, 3.8) is 0 Å². The van der Waals surface area contributed by atoms with Crippen LogP contribution in [-0.4, -0.2) is 69.8 Å². The molecule has 1 heterocycles. The number of piperazine rings is 1. The smallest absolute Gasteiger partial charge is 0.255 e. The van der Waals surface area contributed by atoms with Gasteiger partial charge in [0.1, 0.15) is 5.75 Å². The minimum absolute atomic E-state index is 0.0228. The molecular formula is C31H37N3O6. The molecule has 3 aromatic carbocycles. The summed E-state index contributed by atoms with van der Waals surface area (Å²) in [5.74, 6) is 1.92. The topological polar surface area (TPSA) is 89.6 Å². The summed E-state index contributed by atoms with van der Waals surface area (Å²) in [5.41, 5.74) is 2.78. The van der Waals surface area contributed by atoms with Crippen molar-refractivity contribution in [2.24, 2.45) is 0 Å². The number of ether oxygens (including phenoxy) is 4.